The number of anilines is 1. The molecular formula is C23H26N2O3. The molecule has 0 aromatic heterocycles. The summed E-state index contributed by atoms with van der Waals surface area (Å²) in [6.07, 6.45) is 4.04. The van der Waals surface area contributed by atoms with Gasteiger partial charge in [0, 0.05) is 18.5 Å². The van der Waals surface area contributed by atoms with Crippen LogP contribution in [0.15, 0.2) is 48.5 Å². The van der Waals surface area contributed by atoms with Gasteiger partial charge in [-0.25, -0.2) is 0 Å². The Hall–Kier alpha value is -2.66. The fourth-order valence-electron chi connectivity index (χ4n) is 4.01. The summed E-state index contributed by atoms with van der Waals surface area (Å²) in [7, 11) is 0. The Labute approximate surface area is 165 Å². The second-order valence-corrected chi connectivity index (χ2v) is 7.70. The molecule has 0 unspecified atom stereocenters. The van der Waals surface area contributed by atoms with Gasteiger partial charge in [0.2, 0.25) is 0 Å². The molecule has 28 heavy (non-hydrogen) atoms. The molecule has 2 heterocycles. The third kappa shape index (κ3) is 4.60. The monoisotopic (exact) mass is 378 g/mol. The first kappa shape index (κ1) is 18.7. The van der Waals surface area contributed by atoms with Crippen LogP contribution >= 0.6 is 0 Å². The first-order valence-electron chi connectivity index (χ1n) is 10.0. The topological polar surface area (TPSA) is 58.6 Å². The number of nitrogens with zero attached hydrogens (tertiary/aromatic N) is 1. The van der Waals surface area contributed by atoms with Crippen molar-refractivity contribution in [2.75, 3.05) is 31.6 Å². The molecule has 1 amide bonds. The molecule has 0 radical (unpaired) electrons. The molecule has 2 aromatic carbocycles. The molecular weight excluding hydrogens is 352 g/mol. The van der Waals surface area contributed by atoms with Gasteiger partial charge < -0.3 is 15.0 Å². The van der Waals surface area contributed by atoms with Crippen LogP contribution in [0.3, 0.4) is 0 Å². The summed E-state index contributed by atoms with van der Waals surface area (Å²) < 4.78 is 5.41. The Morgan fingerprint density at radius 2 is 1.89 bits per heavy atom. The zero-order chi connectivity index (χ0) is 19.3. The maximum atomic E-state index is 12.6. The number of fused-ring (bicyclic) bond motifs is 1. The maximum Gasteiger partial charge on any atom is 0.262 e. The number of nitrogens with one attached hydrogen (secondary N) is 1. The summed E-state index contributed by atoms with van der Waals surface area (Å²) in [5.41, 5.74) is 2.70. The zero-order valence-corrected chi connectivity index (χ0v) is 16.0. The Balaban J connectivity index is 1.24. The highest BCUT2D eigenvalue weighted by atomic mass is 16.5. The van der Waals surface area contributed by atoms with Crippen LogP contribution in [0, 0.1) is 5.92 Å². The van der Waals surface area contributed by atoms with Crippen LogP contribution in [-0.4, -0.2) is 42.8 Å². The number of carbonyl (C=O) groups is 2. The summed E-state index contributed by atoms with van der Waals surface area (Å²) in [6.45, 7) is 2.92. The van der Waals surface area contributed by atoms with E-state index < -0.39 is 0 Å². The number of hydrogen-bond acceptors (Lipinski definition) is 4. The van der Waals surface area contributed by atoms with E-state index in [-0.39, 0.29) is 18.3 Å². The smallest absolute Gasteiger partial charge is 0.262 e. The van der Waals surface area contributed by atoms with Gasteiger partial charge in [-0.3, -0.25) is 9.59 Å². The van der Waals surface area contributed by atoms with Gasteiger partial charge in [-0.15, -0.1) is 0 Å². The van der Waals surface area contributed by atoms with Gasteiger partial charge in [-0.2, -0.15) is 0 Å². The minimum absolute atomic E-state index is 0.00255. The zero-order valence-electron chi connectivity index (χ0n) is 16.0. The lowest BCUT2D eigenvalue weighted by Gasteiger charge is -2.31. The van der Waals surface area contributed by atoms with Gasteiger partial charge >= 0.3 is 0 Å². The largest absolute Gasteiger partial charge is 0.482 e. The molecule has 2 aliphatic heterocycles. The van der Waals surface area contributed by atoms with Crippen molar-refractivity contribution in [2.24, 2.45) is 5.92 Å². The standard InChI is InChI=1S/C23H26N2O3/c26-21(19-6-7-20-22(15-19)28-16-23(27)24-20)10-13-25-11-8-18(9-12-25)14-17-4-2-1-3-5-17/h1-7,15,18H,8-14,16H2,(H,24,27). The van der Waals surface area contributed by atoms with E-state index in [1.807, 2.05) is 0 Å². The maximum absolute atomic E-state index is 12.6. The van der Waals surface area contributed by atoms with Crippen LogP contribution < -0.4 is 10.1 Å². The molecule has 1 N–H and O–H groups in total. The summed E-state index contributed by atoms with van der Waals surface area (Å²) in [6, 6.07) is 15.9. The fourth-order valence-corrected chi connectivity index (χ4v) is 4.01. The average Bonchev–Trinajstić information content (AvgIpc) is 2.73. The predicted octanol–water partition coefficient (Wildman–Crippen LogP) is 3.55. The predicted molar refractivity (Wildman–Crippen MR) is 109 cm³/mol. The second-order valence-electron chi connectivity index (χ2n) is 7.70. The molecule has 5 nitrogen and oxygen atoms in total. The molecule has 5 heteroatoms. The number of rotatable bonds is 6. The molecule has 0 aliphatic carbocycles. The van der Waals surface area contributed by atoms with Crippen molar-refractivity contribution >= 4 is 17.4 Å². The Morgan fingerprint density at radius 1 is 1.11 bits per heavy atom. The molecule has 4 rings (SSSR count). The summed E-state index contributed by atoms with van der Waals surface area (Å²) in [5.74, 6) is 1.27. The average molecular weight is 378 g/mol. The molecule has 0 saturated carbocycles. The van der Waals surface area contributed by atoms with Gasteiger partial charge in [-0.05, 0) is 62.0 Å². The van der Waals surface area contributed by atoms with Crippen LogP contribution in [-0.2, 0) is 11.2 Å². The number of hydrogen-bond donors (Lipinski definition) is 1. The number of ether oxygens (including phenoxy) is 1. The van der Waals surface area contributed by atoms with Gasteiger partial charge in [-0.1, -0.05) is 30.3 Å². The lowest BCUT2D eigenvalue weighted by Crippen LogP contribution is -2.35. The molecule has 0 spiro atoms. The Kier molecular flexibility index (Phi) is 5.72. The number of carbonyl (C=O) groups excluding carboxylic acids is 2. The van der Waals surface area contributed by atoms with Gasteiger partial charge in [0.15, 0.2) is 12.4 Å². The van der Waals surface area contributed by atoms with Crippen molar-refractivity contribution in [3.05, 3.63) is 59.7 Å². The van der Waals surface area contributed by atoms with Crippen LogP contribution in [0.25, 0.3) is 0 Å². The van der Waals surface area contributed by atoms with Crippen molar-refractivity contribution in [3.8, 4) is 5.75 Å². The summed E-state index contributed by atoms with van der Waals surface area (Å²) in [5, 5.41) is 2.75. The van der Waals surface area contributed by atoms with Gasteiger partial charge in [0.05, 0.1) is 5.69 Å². The van der Waals surface area contributed by atoms with Crippen molar-refractivity contribution in [1.29, 1.82) is 0 Å². The number of Topliss-reactive ketones (excluding diaryl/α,β-unsaturated/α-hetero) is 1. The fraction of sp³-hybridized carbons (Fsp3) is 0.391. The van der Waals surface area contributed by atoms with Crippen LogP contribution in [0.5, 0.6) is 5.75 Å². The van der Waals surface area contributed by atoms with E-state index >= 15 is 0 Å². The van der Waals surface area contributed by atoms with E-state index in [0.717, 1.165) is 32.0 Å². The SMILES string of the molecule is O=C1COc2cc(C(=O)CCN3CCC(Cc4ccccc4)CC3)ccc2N1. The van der Waals surface area contributed by atoms with Crippen LogP contribution in [0.1, 0.15) is 35.2 Å². The van der Waals surface area contributed by atoms with Gasteiger partial charge in [0.1, 0.15) is 5.75 Å². The number of ketones is 1. The minimum Gasteiger partial charge on any atom is -0.482 e. The van der Waals surface area contributed by atoms with E-state index in [2.05, 4.69) is 40.5 Å². The Morgan fingerprint density at radius 3 is 2.68 bits per heavy atom. The van der Waals surface area contributed by atoms with Crippen LogP contribution in [0.2, 0.25) is 0 Å². The molecule has 1 fully saturated rings. The van der Waals surface area contributed by atoms with E-state index in [4.69, 9.17) is 4.74 Å². The highest BCUT2D eigenvalue weighted by molar-refractivity contribution is 5.99. The second kappa shape index (κ2) is 8.57. The quantitative estimate of drug-likeness (QED) is 0.781. The Bertz CT molecular complexity index is 842. The van der Waals surface area contributed by atoms with Crippen LogP contribution in [0.4, 0.5) is 5.69 Å². The third-order valence-electron chi connectivity index (χ3n) is 5.67. The molecule has 2 aromatic rings. The third-order valence-corrected chi connectivity index (χ3v) is 5.67. The van der Waals surface area contributed by atoms with E-state index in [1.54, 1.807) is 18.2 Å². The van der Waals surface area contributed by atoms with Crippen molar-refractivity contribution in [1.82, 2.24) is 4.90 Å². The summed E-state index contributed by atoms with van der Waals surface area (Å²) in [4.78, 5) is 26.3. The lowest BCUT2D eigenvalue weighted by molar-refractivity contribution is -0.118. The van der Waals surface area contributed by atoms with Crippen molar-refractivity contribution in [3.63, 3.8) is 0 Å². The molecule has 0 bridgehead atoms. The molecule has 2 aliphatic rings. The van der Waals surface area contributed by atoms with Gasteiger partial charge in [0.25, 0.3) is 5.91 Å². The van der Waals surface area contributed by atoms with Crippen molar-refractivity contribution < 1.29 is 14.3 Å². The first-order valence-corrected chi connectivity index (χ1v) is 10.0. The molecule has 1 saturated heterocycles. The molecule has 0 atom stereocenters. The number of amides is 1. The number of likely N-dealkylation sites (tertiary alicyclic amines) is 1. The van der Waals surface area contributed by atoms with E-state index in [1.165, 1.54) is 18.4 Å². The normalized spacial score (nSPS) is 17.5. The summed E-state index contributed by atoms with van der Waals surface area (Å²) >= 11 is 0. The lowest BCUT2D eigenvalue weighted by atomic mass is 9.90. The van der Waals surface area contributed by atoms with Crippen molar-refractivity contribution in [2.45, 2.75) is 25.7 Å². The van der Waals surface area contributed by atoms with E-state index in [9.17, 15) is 9.59 Å². The highest BCUT2D eigenvalue weighted by Gasteiger charge is 2.21. The number of piperidine rings is 1. The highest BCUT2D eigenvalue weighted by Crippen LogP contribution is 2.29. The molecule has 146 valence electrons. The minimum atomic E-state index is -0.165. The van der Waals surface area contributed by atoms with E-state index in [0.29, 0.717) is 23.4 Å². The first-order chi connectivity index (χ1) is 13.7. The number of benzene rings is 2.